The summed E-state index contributed by atoms with van der Waals surface area (Å²) < 4.78 is 0. The maximum atomic E-state index is 12.2. The summed E-state index contributed by atoms with van der Waals surface area (Å²) in [5.41, 5.74) is 0. The summed E-state index contributed by atoms with van der Waals surface area (Å²) in [6.07, 6.45) is 4.04. The van der Waals surface area contributed by atoms with Crippen molar-refractivity contribution in [2.45, 2.75) is 32.7 Å². The van der Waals surface area contributed by atoms with Crippen LogP contribution in [0.3, 0.4) is 0 Å². The lowest BCUT2D eigenvalue weighted by Crippen LogP contribution is -2.43. The van der Waals surface area contributed by atoms with Gasteiger partial charge in [0.25, 0.3) is 0 Å². The molecule has 0 spiro atoms. The fourth-order valence-electron chi connectivity index (χ4n) is 1.82. The number of hydrogen-bond acceptors (Lipinski definition) is 3. The van der Waals surface area contributed by atoms with Crippen molar-refractivity contribution in [3.8, 4) is 0 Å². The Kier molecular flexibility index (Phi) is 9.38. The summed E-state index contributed by atoms with van der Waals surface area (Å²) >= 11 is 0. The quantitative estimate of drug-likeness (QED) is 0.587. The predicted molar refractivity (Wildman–Crippen MR) is 80.6 cm³/mol. The van der Waals surface area contributed by atoms with Crippen molar-refractivity contribution in [1.82, 2.24) is 9.80 Å². The molecule has 0 aromatic heterocycles. The molecule has 20 heavy (non-hydrogen) atoms. The lowest BCUT2D eigenvalue weighted by molar-refractivity contribution is -0.137. The number of carboxylic acid groups (broad SMARTS) is 1. The molecule has 0 heterocycles. The Morgan fingerprint density at radius 2 is 1.75 bits per heavy atom. The van der Waals surface area contributed by atoms with Gasteiger partial charge in [-0.3, -0.25) is 14.5 Å². The van der Waals surface area contributed by atoms with E-state index in [9.17, 15) is 9.59 Å². The zero-order valence-electron chi connectivity index (χ0n) is 12.5. The molecule has 0 atom stereocenters. The van der Waals surface area contributed by atoms with Crippen LogP contribution < -0.4 is 0 Å². The molecule has 0 unspecified atom stereocenters. The van der Waals surface area contributed by atoms with E-state index in [-0.39, 0.29) is 18.4 Å². The van der Waals surface area contributed by atoms with Gasteiger partial charge in [-0.05, 0) is 26.8 Å². The van der Waals surface area contributed by atoms with E-state index in [0.29, 0.717) is 32.6 Å². The molecule has 1 N–H and O–H groups in total. The molecule has 0 fully saturated rings. The van der Waals surface area contributed by atoms with Crippen LogP contribution in [0.15, 0.2) is 25.3 Å². The van der Waals surface area contributed by atoms with Gasteiger partial charge >= 0.3 is 5.97 Å². The highest BCUT2D eigenvalue weighted by atomic mass is 16.4. The lowest BCUT2D eigenvalue weighted by Gasteiger charge is -2.28. The van der Waals surface area contributed by atoms with Crippen LogP contribution in [0.4, 0.5) is 0 Å². The first-order valence-electron chi connectivity index (χ1n) is 6.87. The lowest BCUT2D eigenvalue weighted by atomic mass is 10.2. The van der Waals surface area contributed by atoms with Gasteiger partial charge in [-0.15, -0.1) is 13.2 Å². The molecule has 0 aromatic carbocycles. The van der Waals surface area contributed by atoms with Crippen LogP contribution in [0.1, 0.15) is 26.7 Å². The molecule has 0 aliphatic heterocycles. The van der Waals surface area contributed by atoms with Crippen LogP contribution in [0.2, 0.25) is 0 Å². The van der Waals surface area contributed by atoms with Gasteiger partial charge < -0.3 is 10.0 Å². The number of rotatable bonds is 11. The minimum atomic E-state index is -0.806. The Bertz CT molecular complexity index is 330. The van der Waals surface area contributed by atoms with Gasteiger partial charge in [-0.25, -0.2) is 0 Å². The molecule has 0 saturated carbocycles. The molecule has 0 radical (unpaired) electrons. The van der Waals surface area contributed by atoms with Crippen LogP contribution in [-0.2, 0) is 9.59 Å². The average molecular weight is 282 g/mol. The van der Waals surface area contributed by atoms with Crippen LogP contribution in [0, 0.1) is 0 Å². The second kappa shape index (κ2) is 10.2. The number of carbonyl (C=O) groups excluding carboxylic acids is 1. The normalized spacial score (nSPS) is 10.6. The fourth-order valence-corrected chi connectivity index (χ4v) is 1.82. The van der Waals surface area contributed by atoms with E-state index >= 15 is 0 Å². The van der Waals surface area contributed by atoms with Gasteiger partial charge in [0.05, 0.1) is 6.54 Å². The first-order valence-corrected chi connectivity index (χ1v) is 6.87. The Hall–Kier alpha value is -1.62. The van der Waals surface area contributed by atoms with Crippen molar-refractivity contribution in [3.05, 3.63) is 25.3 Å². The summed E-state index contributed by atoms with van der Waals surface area (Å²) in [5, 5.41) is 8.66. The Morgan fingerprint density at radius 3 is 2.15 bits per heavy atom. The molecule has 0 aliphatic carbocycles. The molecule has 114 valence electrons. The zero-order valence-corrected chi connectivity index (χ0v) is 12.5. The zero-order chi connectivity index (χ0) is 15.5. The van der Waals surface area contributed by atoms with E-state index < -0.39 is 5.97 Å². The van der Waals surface area contributed by atoms with Gasteiger partial charge in [-0.2, -0.15) is 0 Å². The van der Waals surface area contributed by atoms with E-state index in [1.165, 1.54) is 0 Å². The smallest absolute Gasteiger partial charge is 0.303 e. The predicted octanol–water partition coefficient (Wildman–Crippen LogP) is 1.76. The second-order valence-electron chi connectivity index (χ2n) is 4.94. The van der Waals surface area contributed by atoms with Crippen molar-refractivity contribution >= 4 is 11.9 Å². The van der Waals surface area contributed by atoms with E-state index in [1.54, 1.807) is 17.1 Å². The van der Waals surface area contributed by atoms with Gasteiger partial charge in [0.15, 0.2) is 0 Å². The first-order chi connectivity index (χ1) is 9.42. The second-order valence-corrected chi connectivity index (χ2v) is 4.94. The molecule has 5 nitrogen and oxygen atoms in total. The molecule has 0 saturated heterocycles. The summed E-state index contributed by atoms with van der Waals surface area (Å²) in [5.74, 6) is -0.797. The topological polar surface area (TPSA) is 60.9 Å². The molecule has 5 heteroatoms. The third-order valence-electron chi connectivity index (χ3n) is 2.96. The van der Waals surface area contributed by atoms with E-state index in [2.05, 4.69) is 13.2 Å². The third-order valence-corrected chi connectivity index (χ3v) is 2.96. The first kappa shape index (κ1) is 18.4. The highest BCUT2D eigenvalue weighted by molar-refractivity contribution is 5.78. The van der Waals surface area contributed by atoms with Crippen molar-refractivity contribution < 1.29 is 14.7 Å². The summed E-state index contributed by atoms with van der Waals surface area (Å²) in [6, 6.07) is 0.196. The highest BCUT2D eigenvalue weighted by Crippen LogP contribution is 2.04. The maximum absolute atomic E-state index is 12.2. The van der Waals surface area contributed by atoms with Crippen LogP contribution in [0.25, 0.3) is 0 Å². The molecule has 0 aliphatic rings. The maximum Gasteiger partial charge on any atom is 0.303 e. The highest BCUT2D eigenvalue weighted by Gasteiger charge is 2.18. The Morgan fingerprint density at radius 1 is 1.20 bits per heavy atom. The SMILES string of the molecule is C=CCN(CC=C)C(=O)CN(CCCC(=O)O)C(C)C. The van der Waals surface area contributed by atoms with Gasteiger partial charge in [0, 0.05) is 25.6 Å². The third kappa shape index (κ3) is 7.74. The fraction of sp³-hybridized carbons (Fsp3) is 0.600. The summed E-state index contributed by atoms with van der Waals surface area (Å²) in [4.78, 5) is 26.4. The number of carboxylic acids is 1. The summed E-state index contributed by atoms with van der Waals surface area (Å²) in [6.45, 7) is 13.2. The van der Waals surface area contributed by atoms with Gasteiger partial charge in [0.2, 0.25) is 5.91 Å². The minimum absolute atomic E-state index is 0.00817. The van der Waals surface area contributed by atoms with Gasteiger partial charge in [-0.1, -0.05) is 12.2 Å². The summed E-state index contributed by atoms with van der Waals surface area (Å²) in [7, 11) is 0. The van der Waals surface area contributed by atoms with E-state index in [1.807, 2.05) is 18.7 Å². The minimum Gasteiger partial charge on any atom is -0.481 e. The number of amides is 1. The Balaban J connectivity index is 4.46. The standard InChI is InChI=1S/C15H26N2O3/c1-5-9-16(10-6-2)14(18)12-17(13(3)4)11-7-8-15(19)20/h5-6,13H,1-2,7-12H2,3-4H3,(H,19,20). The number of hydrogen-bond donors (Lipinski definition) is 1. The van der Waals surface area contributed by atoms with E-state index in [4.69, 9.17) is 5.11 Å². The molecule has 0 aromatic rings. The number of nitrogens with zero attached hydrogens (tertiary/aromatic N) is 2. The van der Waals surface area contributed by atoms with Crippen molar-refractivity contribution in [2.75, 3.05) is 26.2 Å². The van der Waals surface area contributed by atoms with Gasteiger partial charge in [0.1, 0.15) is 0 Å². The monoisotopic (exact) mass is 282 g/mol. The van der Waals surface area contributed by atoms with Crippen LogP contribution in [0.5, 0.6) is 0 Å². The van der Waals surface area contributed by atoms with Crippen LogP contribution in [-0.4, -0.2) is 59.0 Å². The molecule has 0 rings (SSSR count). The Labute approximate surface area is 121 Å². The average Bonchev–Trinajstić information content (AvgIpc) is 2.36. The molecular weight excluding hydrogens is 256 g/mol. The number of aliphatic carboxylic acids is 1. The molecular formula is C15H26N2O3. The van der Waals surface area contributed by atoms with Crippen molar-refractivity contribution in [2.24, 2.45) is 0 Å². The van der Waals surface area contributed by atoms with Crippen LogP contribution >= 0.6 is 0 Å². The molecule has 1 amide bonds. The van der Waals surface area contributed by atoms with Crippen molar-refractivity contribution in [1.29, 1.82) is 0 Å². The molecule has 0 bridgehead atoms. The largest absolute Gasteiger partial charge is 0.481 e. The van der Waals surface area contributed by atoms with E-state index in [0.717, 1.165) is 0 Å². The van der Waals surface area contributed by atoms with Crippen molar-refractivity contribution in [3.63, 3.8) is 0 Å². The number of carbonyl (C=O) groups is 2.